The third kappa shape index (κ3) is 2.32. The number of piperazine rings is 1. The van der Waals surface area contributed by atoms with Gasteiger partial charge in [0.05, 0.1) is 24.5 Å². The third-order valence-electron chi connectivity index (χ3n) is 4.19. The zero-order valence-electron chi connectivity index (χ0n) is 13.0. The molecule has 0 unspecified atom stereocenters. The molecule has 3 aromatic heterocycles. The second-order valence-corrected chi connectivity index (χ2v) is 5.80. The number of aryl methyl sites for hydroxylation is 1. The zero-order chi connectivity index (χ0) is 16.0. The molecule has 4 heterocycles. The minimum Gasteiger partial charge on any atom is -0.346 e. The molecule has 1 aliphatic heterocycles. The first-order valence-corrected chi connectivity index (χ1v) is 7.44. The van der Waals surface area contributed by atoms with Gasteiger partial charge < -0.3 is 9.80 Å². The Bertz CT molecular complexity index is 881. The zero-order valence-corrected chi connectivity index (χ0v) is 13.0. The Kier molecular flexibility index (Phi) is 3.03. The monoisotopic (exact) mass is 311 g/mol. The molecule has 1 fully saturated rings. The predicted molar refractivity (Wildman–Crippen MR) is 85.9 cm³/mol. The molecular weight excluding hydrogens is 294 g/mol. The van der Waals surface area contributed by atoms with Gasteiger partial charge in [-0.3, -0.25) is 14.6 Å². The molecule has 0 saturated carbocycles. The molecule has 0 aliphatic carbocycles. The number of aromatic nitrogens is 5. The molecule has 0 bridgehead atoms. The first kappa shape index (κ1) is 13.7. The molecule has 1 N–H and O–H groups in total. The molecule has 1 saturated heterocycles. The summed E-state index contributed by atoms with van der Waals surface area (Å²) >= 11 is 0. The number of likely N-dealkylation sites (N-methyl/N-ethyl adjacent to an activating group) is 1. The van der Waals surface area contributed by atoms with Crippen molar-refractivity contribution in [1.29, 1.82) is 0 Å². The van der Waals surface area contributed by atoms with Crippen LogP contribution >= 0.6 is 0 Å². The smallest absolute Gasteiger partial charge is 0.241 e. The van der Waals surface area contributed by atoms with Crippen molar-refractivity contribution in [1.82, 2.24) is 29.9 Å². The summed E-state index contributed by atoms with van der Waals surface area (Å²) in [4.78, 5) is 20.1. The van der Waals surface area contributed by atoms with E-state index in [9.17, 15) is 4.79 Å². The number of carbonyl (C=O) groups excluding carboxylic acids is 1. The van der Waals surface area contributed by atoms with Crippen LogP contribution < -0.4 is 4.90 Å². The topological polar surface area (TPSA) is 82.9 Å². The number of nitrogens with zero attached hydrogens (tertiary/aromatic N) is 6. The fourth-order valence-corrected chi connectivity index (χ4v) is 2.80. The Balaban J connectivity index is 1.74. The first-order valence-electron chi connectivity index (χ1n) is 7.44. The van der Waals surface area contributed by atoms with E-state index in [0.717, 1.165) is 34.5 Å². The summed E-state index contributed by atoms with van der Waals surface area (Å²) in [7, 11) is 3.70. The molecule has 1 amide bonds. The highest BCUT2D eigenvalue weighted by Crippen LogP contribution is 2.28. The molecule has 4 rings (SSSR count). The molecule has 0 atom stereocenters. The maximum Gasteiger partial charge on any atom is 0.241 e. The average Bonchev–Trinajstić information content (AvgIpc) is 3.15. The quantitative estimate of drug-likeness (QED) is 0.751. The second-order valence-electron chi connectivity index (χ2n) is 5.80. The Morgan fingerprint density at radius 3 is 2.83 bits per heavy atom. The van der Waals surface area contributed by atoms with E-state index in [2.05, 4.69) is 20.3 Å². The van der Waals surface area contributed by atoms with Crippen LogP contribution in [0.5, 0.6) is 0 Å². The van der Waals surface area contributed by atoms with Crippen molar-refractivity contribution < 1.29 is 4.79 Å². The van der Waals surface area contributed by atoms with Gasteiger partial charge >= 0.3 is 0 Å². The van der Waals surface area contributed by atoms with Crippen molar-refractivity contribution in [3.63, 3.8) is 0 Å². The van der Waals surface area contributed by atoms with Crippen molar-refractivity contribution in [3.8, 4) is 11.3 Å². The van der Waals surface area contributed by atoms with Gasteiger partial charge in [-0.25, -0.2) is 4.98 Å². The van der Waals surface area contributed by atoms with Crippen LogP contribution in [0, 0.1) is 0 Å². The van der Waals surface area contributed by atoms with E-state index in [1.165, 1.54) is 0 Å². The lowest BCUT2D eigenvalue weighted by atomic mass is 10.1. The van der Waals surface area contributed by atoms with E-state index in [1.54, 1.807) is 22.0 Å². The number of pyridine rings is 1. The number of hydrogen-bond donors (Lipinski definition) is 1. The highest BCUT2D eigenvalue weighted by molar-refractivity contribution is 5.94. The minimum atomic E-state index is 0.109. The van der Waals surface area contributed by atoms with E-state index in [-0.39, 0.29) is 5.91 Å². The summed E-state index contributed by atoms with van der Waals surface area (Å²) < 4.78 is 1.75. The molecule has 1 aliphatic rings. The van der Waals surface area contributed by atoms with Gasteiger partial charge in [0.1, 0.15) is 11.5 Å². The van der Waals surface area contributed by atoms with Crippen LogP contribution in [0.3, 0.4) is 0 Å². The molecular formula is C15H17N7O. The van der Waals surface area contributed by atoms with Gasteiger partial charge in [0.15, 0.2) is 0 Å². The van der Waals surface area contributed by atoms with Crippen LogP contribution in [-0.2, 0) is 11.8 Å². The van der Waals surface area contributed by atoms with Gasteiger partial charge in [-0.15, -0.1) is 0 Å². The van der Waals surface area contributed by atoms with Crippen molar-refractivity contribution in [2.24, 2.45) is 7.05 Å². The summed E-state index contributed by atoms with van der Waals surface area (Å²) in [6.45, 7) is 1.84. The first-order chi connectivity index (χ1) is 11.1. The maximum atomic E-state index is 11.9. The van der Waals surface area contributed by atoms with E-state index >= 15 is 0 Å². The van der Waals surface area contributed by atoms with Gasteiger partial charge in [0.2, 0.25) is 5.91 Å². The van der Waals surface area contributed by atoms with Gasteiger partial charge in [-0.2, -0.15) is 10.2 Å². The normalized spacial score (nSPS) is 15.7. The lowest BCUT2D eigenvalue weighted by Gasteiger charge is -2.32. The molecule has 8 heteroatoms. The number of aromatic amines is 1. The Hall–Kier alpha value is -2.90. The van der Waals surface area contributed by atoms with Gasteiger partial charge in [0.25, 0.3) is 0 Å². The van der Waals surface area contributed by atoms with Crippen LogP contribution in [0.4, 0.5) is 5.82 Å². The molecule has 8 nitrogen and oxygen atoms in total. The standard InChI is InChI=1S/C15H17N7O/c1-20-3-4-22(9-14(20)23)13-5-11-12(7-16-13)18-19-15(11)10-6-17-21(2)8-10/h5-8H,3-4,9H2,1-2H3,(H,18,19). The van der Waals surface area contributed by atoms with Gasteiger partial charge in [0, 0.05) is 44.3 Å². The Morgan fingerprint density at radius 1 is 1.22 bits per heavy atom. The van der Waals surface area contributed by atoms with E-state index < -0.39 is 0 Å². The van der Waals surface area contributed by atoms with Crippen molar-refractivity contribution in [2.75, 3.05) is 31.6 Å². The van der Waals surface area contributed by atoms with Crippen molar-refractivity contribution >= 4 is 22.6 Å². The minimum absolute atomic E-state index is 0.109. The predicted octanol–water partition coefficient (Wildman–Crippen LogP) is 0.637. The van der Waals surface area contributed by atoms with E-state index in [0.29, 0.717) is 13.1 Å². The summed E-state index contributed by atoms with van der Waals surface area (Å²) in [5.41, 5.74) is 2.66. The number of H-pyrrole nitrogens is 1. The fourth-order valence-electron chi connectivity index (χ4n) is 2.80. The van der Waals surface area contributed by atoms with Gasteiger partial charge in [-0.05, 0) is 6.07 Å². The van der Waals surface area contributed by atoms with Crippen LogP contribution in [0.15, 0.2) is 24.7 Å². The van der Waals surface area contributed by atoms with Crippen molar-refractivity contribution in [2.45, 2.75) is 0 Å². The molecule has 3 aromatic rings. The highest BCUT2D eigenvalue weighted by Gasteiger charge is 2.22. The summed E-state index contributed by atoms with van der Waals surface area (Å²) in [6.07, 6.45) is 5.48. The number of amides is 1. The number of fused-ring (bicyclic) bond motifs is 1. The molecule has 0 aromatic carbocycles. The lowest BCUT2D eigenvalue weighted by molar-refractivity contribution is -0.129. The van der Waals surface area contributed by atoms with Crippen LogP contribution in [0.25, 0.3) is 22.2 Å². The average molecular weight is 311 g/mol. The van der Waals surface area contributed by atoms with Crippen LogP contribution in [0.2, 0.25) is 0 Å². The number of nitrogens with one attached hydrogen (secondary N) is 1. The summed E-state index contributed by atoms with van der Waals surface area (Å²) in [5, 5.41) is 12.6. The molecule has 118 valence electrons. The maximum absolute atomic E-state index is 11.9. The fraction of sp³-hybridized carbons (Fsp3) is 0.333. The molecule has 23 heavy (non-hydrogen) atoms. The number of anilines is 1. The Labute approximate surface area is 132 Å². The number of rotatable bonds is 2. The van der Waals surface area contributed by atoms with Crippen LogP contribution in [-0.4, -0.2) is 62.5 Å². The Morgan fingerprint density at radius 2 is 2.09 bits per heavy atom. The van der Waals surface area contributed by atoms with E-state index in [1.807, 2.05) is 31.3 Å². The summed E-state index contributed by atoms with van der Waals surface area (Å²) in [6, 6.07) is 1.99. The molecule has 0 spiro atoms. The number of carbonyl (C=O) groups is 1. The molecule has 0 radical (unpaired) electrons. The number of hydrogen-bond acceptors (Lipinski definition) is 5. The van der Waals surface area contributed by atoms with Gasteiger partial charge in [-0.1, -0.05) is 0 Å². The summed E-state index contributed by atoms with van der Waals surface area (Å²) in [5.74, 6) is 0.906. The largest absolute Gasteiger partial charge is 0.346 e. The third-order valence-corrected chi connectivity index (χ3v) is 4.19. The van der Waals surface area contributed by atoms with E-state index in [4.69, 9.17) is 0 Å². The second kappa shape index (κ2) is 5.08. The van der Waals surface area contributed by atoms with Crippen LogP contribution in [0.1, 0.15) is 0 Å². The lowest BCUT2D eigenvalue weighted by Crippen LogP contribution is -2.48. The highest BCUT2D eigenvalue weighted by atomic mass is 16.2. The SMILES string of the molecule is CN1CCN(c2cc3c(-c4cnn(C)c4)n[nH]c3cn2)CC1=O. The van der Waals surface area contributed by atoms with Crippen molar-refractivity contribution in [3.05, 3.63) is 24.7 Å².